The van der Waals surface area contributed by atoms with Crippen LogP contribution in [0.1, 0.15) is 5.56 Å². The second kappa shape index (κ2) is 7.70. The first-order valence-electron chi connectivity index (χ1n) is 7.65. The highest BCUT2D eigenvalue weighted by molar-refractivity contribution is 7.80. The molecule has 0 atom stereocenters. The molecule has 4 heteroatoms. The summed E-state index contributed by atoms with van der Waals surface area (Å²) in [4.78, 5) is 0. The van der Waals surface area contributed by atoms with Gasteiger partial charge in [0, 0.05) is 12.2 Å². The minimum atomic E-state index is -0.238. The second-order valence-electron chi connectivity index (χ2n) is 5.38. The van der Waals surface area contributed by atoms with Crippen LogP contribution in [0, 0.1) is 5.82 Å². The molecule has 0 heterocycles. The van der Waals surface area contributed by atoms with Crippen LogP contribution in [0.3, 0.4) is 0 Å². The van der Waals surface area contributed by atoms with Crippen LogP contribution in [0.4, 0.5) is 10.1 Å². The van der Waals surface area contributed by atoms with Crippen molar-refractivity contribution >= 4 is 23.0 Å². The topological polar surface area (TPSA) is 24.1 Å². The van der Waals surface area contributed by atoms with Crippen molar-refractivity contribution in [3.8, 4) is 11.1 Å². The van der Waals surface area contributed by atoms with Gasteiger partial charge in [-0.25, -0.2) is 4.39 Å². The summed E-state index contributed by atoms with van der Waals surface area (Å²) in [5.41, 5.74) is 4.23. The molecule has 120 valence electrons. The number of hydrogen-bond donors (Lipinski definition) is 2. The molecule has 3 aromatic carbocycles. The van der Waals surface area contributed by atoms with E-state index >= 15 is 0 Å². The standard InChI is InChI=1S/C20H17FN2S/c21-18-10-6-15(7-11-18)14-22-20(24)23-19-12-8-17(9-13-19)16-4-2-1-3-5-16/h1-13H,14H2,(H2,22,23,24). The van der Waals surface area contributed by atoms with Gasteiger partial charge in [0.15, 0.2) is 5.11 Å². The molecule has 0 spiro atoms. The van der Waals surface area contributed by atoms with E-state index in [1.54, 1.807) is 12.1 Å². The normalized spacial score (nSPS) is 10.2. The van der Waals surface area contributed by atoms with Gasteiger partial charge in [-0.3, -0.25) is 0 Å². The second-order valence-corrected chi connectivity index (χ2v) is 5.79. The number of thiocarbonyl (C=S) groups is 1. The number of nitrogens with one attached hydrogen (secondary N) is 2. The molecular weight excluding hydrogens is 319 g/mol. The molecule has 0 fully saturated rings. The maximum atomic E-state index is 12.9. The van der Waals surface area contributed by atoms with Gasteiger partial charge in [-0.15, -0.1) is 0 Å². The zero-order valence-corrected chi connectivity index (χ0v) is 13.8. The third kappa shape index (κ3) is 4.40. The monoisotopic (exact) mass is 336 g/mol. The molecule has 0 aliphatic rings. The Balaban J connectivity index is 1.55. The predicted molar refractivity (Wildman–Crippen MR) is 101 cm³/mol. The van der Waals surface area contributed by atoms with Crippen molar-refractivity contribution in [3.05, 3.63) is 90.2 Å². The fourth-order valence-corrected chi connectivity index (χ4v) is 2.53. The summed E-state index contributed by atoms with van der Waals surface area (Å²) in [5.74, 6) is -0.238. The molecule has 0 radical (unpaired) electrons. The maximum Gasteiger partial charge on any atom is 0.171 e. The van der Waals surface area contributed by atoms with Gasteiger partial charge in [0.2, 0.25) is 0 Å². The van der Waals surface area contributed by atoms with Crippen molar-refractivity contribution in [3.63, 3.8) is 0 Å². The third-order valence-corrected chi connectivity index (χ3v) is 3.86. The highest BCUT2D eigenvalue weighted by Crippen LogP contribution is 2.20. The Morgan fingerprint density at radius 2 is 1.42 bits per heavy atom. The van der Waals surface area contributed by atoms with Crippen LogP contribution in [0.2, 0.25) is 0 Å². The van der Waals surface area contributed by atoms with Gasteiger partial charge in [0.25, 0.3) is 0 Å². The number of rotatable bonds is 4. The summed E-state index contributed by atoms with van der Waals surface area (Å²) >= 11 is 5.29. The van der Waals surface area contributed by atoms with Crippen molar-refractivity contribution < 1.29 is 4.39 Å². The summed E-state index contributed by atoms with van der Waals surface area (Å²) in [6, 6.07) is 24.7. The van der Waals surface area contributed by atoms with E-state index in [-0.39, 0.29) is 5.82 Å². The molecule has 0 aromatic heterocycles. The van der Waals surface area contributed by atoms with Gasteiger partial charge in [-0.05, 0) is 53.2 Å². The van der Waals surface area contributed by atoms with Crippen LogP contribution in [0.5, 0.6) is 0 Å². The molecule has 0 amide bonds. The fourth-order valence-electron chi connectivity index (χ4n) is 2.34. The first-order valence-corrected chi connectivity index (χ1v) is 8.06. The van der Waals surface area contributed by atoms with Gasteiger partial charge >= 0.3 is 0 Å². The summed E-state index contributed by atoms with van der Waals surface area (Å²) in [6.45, 7) is 0.550. The predicted octanol–water partition coefficient (Wildman–Crippen LogP) is 4.98. The molecule has 0 bridgehead atoms. The largest absolute Gasteiger partial charge is 0.358 e. The van der Waals surface area contributed by atoms with Crippen molar-refractivity contribution in [1.29, 1.82) is 0 Å². The minimum absolute atomic E-state index is 0.238. The Bertz CT molecular complexity index is 799. The number of anilines is 1. The van der Waals surface area contributed by atoms with Gasteiger partial charge < -0.3 is 10.6 Å². The van der Waals surface area contributed by atoms with Crippen LogP contribution < -0.4 is 10.6 Å². The van der Waals surface area contributed by atoms with Gasteiger partial charge in [0.05, 0.1) is 0 Å². The summed E-state index contributed by atoms with van der Waals surface area (Å²) in [6.07, 6.45) is 0. The fraction of sp³-hybridized carbons (Fsp3) is 0.0500. The van der Waals surface area contributed by atoms with Crippen LogP contribution >= 0.6 is 12.2 Å². The molecule has 0 saturated heterocycles. The first-order chi connectivity index (χ1) is 11.7. The van der Waals surface area contributed by atoms with Gasteiger partial charge in [-0.1, -0.05) is 54.6 Å². The molecule has 3 rings (SSSR count). The van der Waals surface area contributed by atoms with Crippen molar-refractivity contribution in [2.24, 2.45) is 0 Å². The maximum absolute atomic E-state index is 12.9. The van der Waals surface area contributed by atoms with E-state index in [0.717, 1.165) is 16.8 Å². The van der Waals surface area contributed by atoms with Crippen LogP contribution in [-0.4, -0.2) is 5.11 Å². The van der Waals surface area contributed by atoms with Crippen LogP contribution in [-0.2, 0) is 6.54 Å². The van der Waals surface area contributed by atoms with Crippen molar-refractivity contribution in [2.75, 3.05) is 5.32 Å². The number of benzene rings is 3. The molecule has 2 nitrogen and oxygen atoms in total. The Kier molecular flexibility index (Phi) is 5.18. The summed E-state index contributed by atoms with van der Waals surface area (Å²) < 4.78 is 12.9. The van der Waals surface area contributed by atoms with E-state index in [1.807, 2.05) is 30.3 Å². The van der Waals surface area contributed by atoms with Crippen LogP contribution in [0.25, 0.3) is 11.1 Å². The number of hydrogen-bond acceptors (Lipinski definition) is 1. The van der Waals surface area contributed by atoms with E-state index in [0.29, 0.717) is 11.7 Å². The minimum Gasteiger partial charge on any atom is -0.358 e. The molecular formula is C20H17FN2S. The van der Waals surface area contributed by atoms with Gasteiger partial charge in [0.1, 0.15) is 5.82 Å². The zero-order valence-electron chi connectivity index (χ0n) is 13.0. The van der Waals surface area contributed by atoms with E-state index in [2.05, 4.69) is 34.9 Å². The zero-order chi connectivity index (χ0) is 16.8. The lowest BCUT2D eigenvalue weighted by atomic mass is 10.1. The molecule has 0 aliphatic carbocycles. The quantitative estimate of drug-likeness (QED) is 0.657. The Morgan fingerprint density at radius 3 is 2.08 bits per heavy atom. The Morgan fingerprint density at radius 1 is 0.792 bits per heavy atom. The summed E-state index contributed by atoms with van der Waals surface area (Å²) in [5, 5.41) is 6.79. The van der Waals surface area contributed by atoms with Crippen molar-refractivity contribution in [1.82, 2.24) is 5.32 Å². The average molecular weight is 336 g/mol. The lowest BCUT2D eigenvalue weighted by Crippen LogP contribution is -2.27. The van der Waals surface area contributed by atoms with Crippen molar-refractivity contribution in [2.45, 2.75) is 6.54 Å². The Labute approximate surface area is 146 Å². The lowest BCUT2D eigenvalue weighted by molar-refractivity contribution is 0.627. The highest BCUT2D eigenvalue weighted by atomic mass is 32.1. The van der Waals surface area contributed by atoms with E-state index in [4.69, 9.17) is 12.2 Å². The first kappa shape index (κ1) is 16.1. The molecule has 24 heavy (non-hydrogen) atoms. The smallest absolute Gasteiger partial charge is 0.171 e. The lowest BCUT2D eigenvalue weighted by Gasteiger charge is -2.11. The van der Waals surface area contributed by atoms with E-state index < -0.39 is 0 Å². The molecule has 2 N–H and O–H groups in total. The van der Waals surface area contributed by atoms with E-state index in [9.17, 15) is 4.39 Å². The molecule has 0 unspecified atom stereocenters. The molecule has 3 aromatic rings. The van der Waals surface area contributed by atoms with E-state index in [1.165, 1.54) is 17.7 Å². The highest BCUT2D eigenvalue weighted by Gasteiger charge is 2.00. The Hall–Kier alpha value is -2.72. The average Bonchev–Trinajstić information content (AvgIpc) is 2.63. The number of halogens is 1. The molecule has 0 aliphatic heterocycles. The van der Waals surface area contributed by atoms with Gasteiger partial charge in [-0.2, -0.15) is 0 Å². The van der Waals surface area contributed by atoms with Crippen LogP contribution in [0.15, 0.2) is 78.9 Å². The third-order valence-electron chi connectivity index (χ3n) is 3.62. The summed E-state index contributed by atoms with van der Waals surface area (Å²) in [7, 11) is 0. The molecule has 0 saturated carbocycles. The SMILES string of the molecule is Fc1ccc(CNC(=S)Nc2ccc(-c3ccccc3)cc2)cc1.